The highest BCUT2D eigenvalue weighted by Gasteiger charge is 2.20. The van der Waals surface area contributed by atoms with Gasteiger partial charge in [0.15, 0.2) is 0 Å². The first-order valence-electron chi connectivity index (χ1n) is 6.03. The monoisotopic (exact) mass is 253 g/mol. The normalized spacial score (nSPS) is 22.9. The molecule has 0 radical (unpaired) electrons. The van der Waals surface area contributed by atoms with Crippen LogP contribution < -0.4 is 5.73 Å². The number of hydrogen-bond acceptors (Lipinski definition) is 3. The van der Waals surface area contributed by atoms with Gasteiger partial charge in [0.1, 0.15) is 0 Å². The number of nitrogen functional groups attached to an aromatic ring is 1. The maximum Gasteiger partial charge on any atom is 0.0410 e. The molecule has 1 aliphatic rings. The van der Waals surface area contributed by atoms with E-state index in [1.165, 1.54) is 0 Å². The minimum atomic E-state index is 0.601. The van der Waals surface area contributed by atoms with E-state index in [-0.39, 0.29) is 0 Å². The van der Waals surface area contributed by atoms with Crippen LogP contribution in [0.1, 0.15) is 12.5 Å². The zero-order valence-corrected chi connectivity index (χ0v) is 11.2. The van der Waals surface area contributed by atoms with E-state index in [9.17, 15) is 0 Å². The van der Waals surface area contributed by atoms with Crippen molar-refractivity contribution in [2.24, 2.45) is 0 Å². The number of halogens is 1. The fourth-order valence-corrected chi connectivity index (χ4v) is 2.41. The molecule has 3 nitrogen and oxygen atoms in total. The molecule has 0 amide bonds. The van der Waals surface area contributed by atoms with Crippen molar-refractivity contribution < 1.29 is 0 Å². The Balaban J connectivity index is 2.03. The molecule has 1 aliphatic heterocycles. The summed E-state index contributed by atoms with van der Waals surface area (Å²) in [6, 6.07) is 6.30. The molecule has 2 N–H and O–H groups in total. The summed E-state index contributed by atoms with van der Waals surface area (Å²) in [5.74, 6) is 0. The Bertz CT molecular complexity index is 394. The summed E-state index contributed by atoms with van der Waals surface area (Å²) in [5.41, 5.74) is 7.94. The van der Waals surface area contributed by atoms with Crippen molar-refractivity contribution >= 4 is 17.3 Å². The summed E-state index contributed by atoms with van der Waals surface area (Å²) in [6.07, 6.45) is 0. The fraction of sp³-hybridized carbons (Fsp3) is 0.538. The van der Waals surface area contributed by atoms with E-state index in [0.717, 1.165) is 42.5 Å². The molecule has 94 valence electrons. The second kappa shape index (κ2) is 5.25. The quantitative estimate of drug-likeness (QED) is 0.819. The summed E-state index contributed by atoms with van der Waals surface area (Å²) < 4.78 is 0. The van der Waals surface area contributed by atoms with E-state index in [2.05, 4.69) is 23.8 Å². The van der Waals surface area contributed by atoms with Crippen LogP contribution in [0.5, 0.6) is 0 Å². The van der Waals surface area contributed by atoms with Crippen molar-refractivity contribution in [1.82, 2.24) is 9.80 Å². The molecule has 0 bridgehead atoms. The van der Waals surface area contributed by atoms with E-state index in [1.54, 1.807) is 0 Å². The van der Waals surface area contributed by atoms with Gasteiger partial charge in [0.05, 0.1) is 0 Å². The number of anilines is 1. The average molecular weight is 254 g/mol. The molecule has 1 saturated heterocycles. The third-order valence-electron chi connectivity index (χ3n) is 3.54. The SMILES string of the molecule is CC1CN(Cc2cc(Cl)ccc2N)CCN1C. The smallest absolute Gasteiger partial charge is 0.0410 e. The molecule has 2 rings (SSSR count). The van der Waals surface area contributed by atoms with Crippen LogP contribution in [0, 0.1) is 0 Å². The van der Waals surface area contributed by atoms with E-state index in [4.69, 9.17) is 17.3 Å². The Hall–Kier alpha value is -0.770. The minimum absolute atomic E-state index is 0.601. The lowest BCUT2D eigenvalue weighted by Gasteiger charge is -2.37. The van der Waals surface area contributed by atoms with Crippen LogP contribution in [0.3, 0.4) is 0 Å². The molecule has 1 heterocycles. The number of benzene rings is 1. The molecule has 17 heavy (non-hydrogen) atoms. The Labute approximate surface area is 108 Å². The standard InChI is InChI=1S/C13H20ClN3/c1-10-8-17(6-5-16(10)2)9-11-7-12(14)3-4-13(11)15/h3-4,7,10H,5-6,8-9,15H2,1-2H3. The van der Waals surface area contributed by atoms with E-state index < -0.39 is 0 Å². The van der Waals surface area contributed by atoms with Gasteiger partial charge in [-0.3, -0.25) is 4.90 Å². The highest BCUT2D eigenvalue weighted by molar-refractivity contribution is 6.30. The van der Waals surface area contributed by atoms with Gasteiger partial charge in [0.2, 0.25) is 0 Å². The van der Waals surface area contributed by atoms with Crippen molar-refractivity contribution in [2.75, 3.05) is 32.4 Å². The van der Waals surface area contributed by atoms with Gasteiger partial charge in [-0.25, -0.2) is 0 Å². The maximum absolute atomic E-state index is 6.00. The van der Waals surface area contributed by atoms with Gasteiger partial charge in [-0.1, -0.05) is 11.6 Å². The van der Waals surface area contributed by atoms with Crippen molar-refractivity contribution in [2.45, 2.75) is 19.5 Å². The molecule has 1 fully saturated rings. The summed E-state index contributed by atoms with van der Waals surface area (Å²) in [6.45, 7) is 6.44. The van der Waals surface area contributed by atoms with E-state index in [0.29, 0.717) is 6.04 Å². The van der Waals surface area contributed by atoms with E-state index in [1.807, 2.05) is 18.2 Å². The van der Waals surface area contributed by atoms with Gasteiger partial charge in [-0.05, 0) is 37.7 Å². The third kappa shape index (κ3) is 3.12. The molecule has 0 saturated carbocycles. The number of likely N-dealkylation sites (N-methyl/N-ethyl adjacent to an activating group) is 1. The molecular formula is C13H20ClN3. The lowest BCUT2D eigenvalue weighted by atomic mass is 10.1. The van der Waals surface area contributed by atoms with Crippen LogP contribution >= 0.6 is 11.6 Å². The van der Waals surface area contributed by atoms with Crippen LogP contribution in [0.2, 0.25) is 5.02 Å². The number of piperazine rings is 1. The number of hydrogen-bond donors (Lipinski definition) is 1. The predicted octanol–water partition coefficient (Wildman–Crippen LogP) is 2.06. The predicted molar refractivity (Wildman–Crippen MR) is 73.2 cm³/mol. The van der Waals surface area contributed by atoms with Crippen LogP contribution in [-0.4, -0.2) is 42.5 Å². The fourth-order valence-electron chi connectivity index (χ4n) is 2.22. The number of rotatable bonds is 2. The molecule has 0 aliphatic carbocycles. The van der Waals surface area contributed by atoms with Gasteiger partial charge in [0.25, 0.3) is 0 Å². The van der Waals surface area contributed by atoms with Crippen molar-refractivity contribution in [1.29, 1.82) is 0 Å². The highest BCUT2D eigenvalue weighted by atomic mass is 35.5. The lowest BCUT2D eigenvalue weighted by Crippen LogP contribution is -2.49. The van der Waals surface area contributed by atoms with Gasteiger partial charge in [-0.15, -0.1) is 0 Å². The molecule has 1 aromatic rings. The molecule has 0 spiro atoms. The summed E-state index contributed by atoms with van der Waals surface area (Å²) in [7, 11) is 2.18. The first kappa shape index (κ1) is 12.7. The molecule has 1 unspecified atom stereocenters. The van der Waals surface area contributed by atoms with E-state index >= 15 is 0 Å². The summed E-state index contributed by atoms with van der Waals surface area (Å²) in [5, 5.41) is 0.761. The first-order chi connectivity index (χ1) is 8.06. The van der Waals surface area contributed by atoms with Crippen LogP contribution in [0.25, 0.3) is 0 Å². The van der Waals surface area contributed by atoms with Crippen LogP contribution in [-0.2, 0) is 6.54 Å². The number of nitrogens with zero attached hydrogens (tertiary/aromatic N) is 2. The third-order valence-corrected chi connectivity index (χ3v) is 3.78. The Morgan fingerprint density at radius 1 is 1.41 bits per heavy atom. The molecule has 4 heteroatoms. The van der Waals surface area contributed by atoms with Crippen molar-refractivity contribution in [3.8, 4) is 0 Å². The molecule has 0 aromatic heterocycles. The van der Waals surface area contributed by atoms with Crippen LogP contribution in [0.4, 0.5) is 5.69 Å². The van der Waals surface area contributed by atoms with Crippen LogP contribution in [0.15, 0.2) is 18.2 Å². The second-order valence-corrected chi connectivity index (χ2v) is 5.34. The minimum Gasteiger partial charge on any atom is -0.398 e. The highest BCUT2D eigenvalue weighted by Crippen LogP contribution is 2.20. The largest absolute Gasteiger partial charge is 0.398 e. The summed E-state index contributed by atoms with van der Waals surface area (Å²) in [4.78, 5) is 4.82. The molecule has 1 atom stereocenters. The molecular weight excluding hydrogens is 234 g/mol. The Morgan fingerprint density at radius 3 is 2.88 bits per heavy atom. The number of nitrogens with two attached hydrogens (primary N) is 1. The lowest BCUT2D eigenvalue weighted by molar-refractivity contribution is 0.100. The topological polar surface area (TPSA) is 32.5 Å². The summed E-state index contributed by atoms with van der Waals surface area (Å²) >= 11 is 6.00. The second-order valence-electron chi connectivity index (χ2n) is 4.91. The molecule has 1 aromatic carbocycles. The van der Waals surface area contributed by atoms with Gasteiger partial charge in [-0.2, -0.15) is 0 Å². The zero-order valence-electron chi connectivity index (χ0n) is 10.5. The van der Waals surface area contributed by atoms with Gasteiger partial charge in [0, 0.05) is 42.9 Å². The average Bonchev–Trinajstić information content (AvgIpc) is 2.29. The Kier molecular flexibility index (Phi) is 3.92. The first-order valence-corrected chi connectivity index (χ1v) is 6.40. The Morgan fingerprint density at radius 2 is 2.18 bits per heavy atom. The zero-order chi connectivity index (χ0) is 12.4. The maximum atomic E-state index is 6.00. The van der Waals surface area contributed by atoms with Gasteiger partial charge >= 0.3 is 0 Å². The van der Waals surface area contributed by atoms with Crippen molar-refractivity contribution in [3.63, 3.8) is 0 Å². The van der Waals surface area contributed by atoms with Crippen molar-refractivity contribution in [3.05, 3.63) is 28.8 Å². The van der Waals surface area contributed by atoms with Gasteiger partial charge < -0.3 is 10.6 Å².